The molecule has 2 rings (SSSR count). The first-order chi connectivity index (χ1) is 9.72. The first-order valence-electron chi connectivity index (χ1n) is 7.42. The topological polar surface area (TPSA) is 38.3 Å². The van der Waals surface area contributed by atoms with E-state index in [2.05, 4.69) is 18.8 Å². The molecule has 1 unspecified atom stereocenters. The summed E-state index contributed by atoms with van der Waals surface area (Å²) >= 11 is 0. The highest BCUT2D eigenvalue weighted by Gasteiger charge is 2.17. The summed E-state index contributed by atoms with van der Waals surface area (Å²) in [6.07, 6.45) is 7.40. The lowest BCUT2D eigenvalue weighted by molar-refractivity contribution is -0.117. The normalized spacial score (nSPS) is 16.6. The predicted molar refractivity (Wildman–Crippen MR) is 80.7 cm³/mol. The van der Waals surface area contributed by atoms with Crippen molar-refractivity contribution in [3.05, 3.63) is 42.5 Å². The van der Waals surface area contributed by atoms with Crippen molar-refractivity contribution < 1.29 is 9.53 Å². The van der Waals surface area contributed by atoms with Crippen LogP contribution in [0.1, 0.15) is 50.6 Å². The summed E-state index contributed by atoms with van der Waals surface area (Å²) < 4.78 is 5.94. The van der Waals surface area contributed by atoms with Crippen molar-refractivity contribution in [1.29, 1.82) is 0 Å². The SMILES string of the molecule is C=CC(=O)NC(CC)c1ccc(OC2CCCC2)cc1. The number of amides is 1. The Labute approximate surface area is 121 Å². The van der Waals surface area contributed by atoms with Gasteiger partial charge in [-0.25, -0.2) is 0 Å². The van der Waals surface area contributed by atoms with Gasteiger partial charge in [0.25, 0.3) is 0 Å². The number of hydrogen-bond acceptors (Lipinski definition) is 2. The number of carbonyl (C=O) groups is 1. The van der Waals surface area contributed by atoms with Gasteiger partial charge in [0.2, 0.25) is 5.91 Å². The van der Waals surface area contributed by atoms with Gasteiger partial charge in [-0.1, -0.05) is 25.6 Å². The Kier molecular flexibility index (Phi) is 5.22. The fraction of sp³-hybridized carbons (Fsp3) is 0.471. The Morgan fingerprint density at radius 1 is 1.40 bits per heavy atom. The molecule has 0 spiro atoms. The van der Waals surface area contributed by atoms with Gasteiger partial charge in [0.15, 0.2) is 0 Å². The van der Waals surface area contributed by atoms with Crippen molar-refractivity contribution >= 4 is 5.91 Å². The van der Waals surface area contributed by atoms with Crippen LogP contribution in [0.15, 0.2) is 36.9 Å². The Morgan fingerprint density at radius 3 is 2.60 bits per heavy atom. The second-order valence-corrected chi connectivity index (χ2v) is 5.27. The van der Waals surface area contributed by atoms with Crippen molar-refractivity contribution in [3.63, 3.8) is 0 Å². The Hall–Kier alpha value is -1.77. The molecule has 3 nitrogen and oxygen atoms in total. The van der Waals surface area contributed by atoms with E-state index in [9.17, 15) is 4.79 Å². The van der Waals surface area contributed by atoms with Crippen molar-refractivity contribution in [2.75, 3.05) is 0 Å². The molecule has 3 heteroatoms. The summed E-state index contributed by atoms with van der Waals surface area (Å²) in [5.41, 5.74) is 1.10. The Morgan fingerprint density at radius 2 is 2.05 bits per heavy atom. The minimum atomic E-state index is -0.136. The van der Waals surface area contributed by atoms with Gasteiger partial charge in [-0.2, -0.15) is 0 Å². The molecule has 20 heavy (non-hydrogen) atoms. The van der Waals surface area contributed by atoms with E-state index < -0.39 is 0 Å². The average molecular weight is 273 g/mol. The maximum absolute atomic E-state index is 11.4. The van der Waals surface area contributed by atoms with Gasteiger partial charge in [-0.05, 0) is 55.9 Å². The van der Waals surface area contributed by atoms with Gasteiger partial charge in [0.1, 0.15) is 5.75 Å². The summed E-state index contributed by atoms with van der Waals surface area (Å²) in [6.45, 7) is 5.53. The zero-order chi connectivity index (χ0) is 14.4. The van der Waals surface area contributed by atoms with E-state index in [4.69, 9.17) is 4.74 Å². The lowest BCUT2D eigenvalue weighted by Crippen LogP contribution is -2.26. The molecule has 0 radical (unpaired) electrons. The fourth-order valence-corrected chi connectivity index (χ4v) is 2.63. The lowest BCUT2D eigenvalue weighted by atomic mass is 10.0. The van der Waals surface area contributed by atoms with Crippen molar-refractivity contribution in [1.82, 2.24) is 5.32 Å². The highest BCUT2D eigenvalue weighted by Crippen LogP contribution is 2.25. The third-order valence-electron chi connectivity index (χ3n) is 3.80. The number of carbonyl (C=O) groups excluding carboxylic acids is 1. The van der Waals surface area contributed by atoms with Gasteiger partial charge in [0, 0.05) is 0 Å². The molecule has 1 aliphatic carbocycles. The van der Waals surface area contributed by atoms with Gasteiger partial charge in [0.05, 0.1) is 12.1 Å². The van der Waals surface area contributed by atoms with Gasteiger partial charge >= 0.3 is 0 Å². The molecular weight excluding hydrogens is 250 g/mol. The molecule has 1 N–H and O–H groups in total. The third-order valence-corrected chi connectivity index (χ3v) is 3.80. The fourth-order valence-electron chi connectivity index (χ4n) is 2.63. The number of nitrogens with one attached hydrogen (secondary N) is 1. The van der Waals surface area contributed by atoms with Crippen molar-refractivity contribution in [3.8, 4) is 5.75 Å². The Balaban J connectivity index is 1.98. The number of ether oxygens (including phenoxy) is 1. The first-order valence-corrected chi connectivity index (χ1v) is 7.42. The average Bonchev–Trinajstić information content (AvgIpc) is 2.98. The van der Waals surface area contributed by atoms with E-state index in [1.54, 1.807) is 0 Å². The molecule has 0 heterocycles. The van der Waals surface area contributed by atoms with Crippen LogP contribution in [0.5, 0.6) is 5.75 Å². The molecule has 0 saturated heterocycles. The lowest BCUT2D eigenvalue weighted by Gasteiger charge is -2.18. The highest BCUT2D eigenvalue weighted by molar-refractivity contribution is 5.87. The molecule has 1 aromatic carbocycles. The summed E-state index contributed by atoms with van der Waals surface area (Å²) in [5, 5.41) is 2.93. The molecule has 108 valence electrons. The van der Waals surface area contributed by atoms with Gasteiger partial charge in [-0.15, -0.1) is 0 Å². The standard InChI is InChI=1S/C17H23NO2/c1-3-16(18-17(19)4-2)13-9-11-15(12-10-13)20-14-7-5-6-8-14/h4,9-12,14,16H,2-3,5-8H2,1H3,(H,18,19). The molecule has 1 aromatic rings. The van der Waals surface area contributed by atoms with Crippen LogP contribution in [0.4, 0.5) is 0 Å². The van der Waals surface area contributed by atoms with Crippen LogP contribution in [0, 0.1) is 0 Å². The molecule has 1 aliphatic rings. The van der Waals surface area contributed by atoms with Gasteiger partial charge < -0.3 is 10.1 Å². The van der Waals surface area contributed by atoms with Gasteiger partial charge in [-0.3, -0.25) is 4.79 Å². The summed E-state index contributed by atoms with van der Waals surface area (Å²) in [7, 11) is 0. The van der Waals surface area contributed by atoms with E-state index in [0.29, 0.717) is 6.10 Å². The van der Waals surface area contributed by atoms with E-state index in [1.165, 1.54) is 18.9 Å². The molecule has 1 saturated carbocycles. The third kappa shape index (κ3) is 3.86. The maximum atomic E-state index is 11.4. The van der Waals surface area contributed by atoms with Crippen LogP contribution in [0.2, 0.25) is 0 Å². The molecular formula is C17H23NO2. The number of hydrogen-bond donors (Lipinski definition) is 1. The van der Waals surface area contributed by atoms with Crippen LogP contribution < -0.4 is 10.1 Å². The molecule has 1 amide bonds. The second kappa shape index (κ2) is 7.13. The highest BCUT2D eigenvalue weighted by atomic mass is 16.5. The quantitative estimate of drug-likeness (QED) is 0.801. The van der Waals surface area contributed by atoms with E-state index in [0.717, 1.165) is 30.6 Å². The predicted octanol–water partition coefficient (Wildman–Crippen LogP) is 3.76. The first kappa shape index (κ1) is 14.6. The monoisotopic (exact) mass is 273 g/mol. The number of benzene rings is 1. The summed E-state index contributed by atoms with van der Waals surface area (Å²) in [5.74, 6) is 0.786. The number of rotatable bonds is 6. The zero-order valence-corrected chi connectivity index (χ0v) is 12.1. The van der Waals surface area contributed by atoms with Crippen molar-refractivity contribution in [2.45, 2.75) is 51.2 Å². The summed E-state index contributed by atoms with van der Waals surface area (Å²) in [6, 6.07) is 8.08. The second-order valence-electron chi connectivity index (χ2n) is 5.27. The molecule has 0 aromatic heterocycles. The van der Waals surface area contributed by atoms with Crippen LogP contribution >= 0.6 is 0 Å². The van der Waals surface area contributed by atoms with Crippen LogP contribution in [0.25, 0.3) is 0 Å². The minimum absolute atomic E-state index is 0.0287. The van der Waals surface area contributed by atoms with Crippen LogP contribution in [-0.2, 0) is 4.79 Å². The minimum Gasteiger partial charge on any atom is -0.490 e. The van der Waals surface area contributed by atoms with E-state index in [-0.39, 0.29) is 11.9 Å². The molecule has 1 atom stereocenters. The molecule has 1 fully saturated rings. The largest absolute Gasteiger partial charge is 0.490 e. The summed E-state index contributed by atoms with van der Waals surface area (Å²) in [4.78, 5) is 11.4. The molecule has 0 aliphatic heterocycles. The maximum Gasteiger partial charge on any atom is 0.243 e. The van der Waals surface area contributed by atoms with Crippen LogP contribution in [-0.4, -0.2) is 12.0 Å². The van der Waals surface area contributed by atoms with E-state index >= 15 is 0 Å². The zero-order valence-electron chi connectivity index (χ0n) is 12.1. The van der Waals surface area contributed by atoms with Crippen LogP contribution in [0.3, 0.4) is 0 Å². The van der Waals surface area contributed by atoms with Crippen molar-refractivity contribution in [2.24, 2.45) is 0 Å². The molecule has 0 bridgehead atoms. The smallest absolute Gasteiger partial charge is 0.243 e. The Bertz CT molecular complexity index is 447. The van der Waals surface area contributed by atoms with E-state index in [1.807, 2.05) is 24.3 Å².